The minimum Gasteiger partial charge on any atom is -0.384 e. The molecule has 0 spiro atoms. The summed E-state index contributed by atoms with van der Waals surface area (Å²) in [6.07, 6.45) is 3.38. The molecule has 0 unspecified atom stereocenters. The molecular formula is C12H15N3OS2. The van der Waals surface area contributed by atoms with E-state index < -0.39 is 0 Å². The van der Waals surface area contributed by atoms with E-state index in [0.717, 1.165) is 23.7 Å². The van der Waals surface area contributed by atoms with Gasteiger partial charge in [-0.15, -0.1) is 22.7 Å². The number of hydrogen-bond donors (Lipinski definition) is 1. The molecule has 2 aromatic heterocycles. The van der Waals surface area contributed by atoms with Crippen LogP contribution in [0, 0.1) is 0 Å². The molecule has 0 atom stereocenters. The summed E-state index contributed by atoms with van der Waals surface area (Å²) in [5.41, 5.74) is 7.92. The maximum absolute atomic E-state index is 5.72. The van der Waals surface area contributed by atoms with Crippen LogP contribution in [-0.2, 0) is 11.2 Å². The smallest absolute Gasteiger partial charge is 0.180 e. The first-order valence-corrected chi connectivity index (χ1v) is 7.67. The third kappa shape index (κ3) is 2.41. The Morgan fingerprint density at radius 1 is 1.44 bits per heavy atom. The van der Waals surface area contributed by atoms with Crippen molar-refractivity contribution in [1.29, 1.82) is 0 Å². The van der Waals surface area contributed by atoms with E-state index in [1.807, 2.05) is 5.38 Å². The summed E-state index contributed by atoms with van der Waals surface area (Å²) in [6, 6.07) is 0. The number of ether oxygens (including phenoxy) is 1. The molecule has 4 nitrogen and oxygen atoms in total. The minimum absolute atomic E-state index is 0.624. The zero-order valence-corrected chi connectivity index (χ0v) is 11.8. The molecule has 1 saturated carbocycles. The first-order valence-electron chi connectivity index (χ1n) is 5.98. The molecule has 2 N–H and O–H groups in total. The van der Waals surface area contributed by atoms with Crippen molar-refractivity contribution in [3.8, 4) is 10.6 Å². The number of nitrogens with two attached hydrogens (primary N) is 1. The number of nitrogen functional groups attached to an aromatic ring is 1. The number of methoxy groups -OCH3 is 1. The molecule has 0 aliphatic heterocycles. The van der Waals surface area contributed by atoms with Crippen molar-refractivity contribution < 1.29 is 4.74 Å². The number of nitrogens with zero attached hydrogens (tertiary/aromatic N) is 2. The zero-order chi connectivity index (χ0) is 12.5. The average Bonchev–Trinajstić information content (AvgIpc) is 2.98. The fourth-order valence-electron chi connectivity index (χ4n) is 1.88. The lowest BCUT2D eigenvalue weighted by Gasteiger charge is -1.95. The van der Waals surface area contributed by atoms with Gasteiger partial charge in [0.05, 0.1) is 27.9 Å². The van der Waals surface area contributed by atoms with Crippen molar-refractivity contribution >= 4 is 27.8 Å². The molecule has 0 saturated heterocycles. The van der Waals surface area contributed by atoms with Crippen molar-refractivity contribution in [3.63, 3.8) is 0 Å². The monoisotopic (exact) mass is 281 g/mol. The van der Waals surface area contributed by atoms with Crippen LogP contribution in [0.4, 0.5) is 5.13 Å². The van der Waals surface area contributed by atoms with Gasteiger partial charge in [-0.2, -0.15) is 0 Å². The highest BCUT2D eigenvalue weighted by molar-refractivity contribution is 7.16. The summed E-state index contributed by atoms with van der Waals surface area (Å²) in [7, 11) is 1.72. The van der Waals surface area contributed by atoms with E-state index in [2.05, 4.69) is 4.98 Å². The molecule has 96 valence electrons. The summed E-state index contributed by atoms with van der Waals surface area (Å²) in [6.45, 7) is 0.719. The number of aromatic nitrogens is 2. The average molecular weight is 281 g/mol. The fourth-order valence-corrected chi connectivity index (χ4v) is 3.60. The summed E-state index contributed by atoms with van der Waals surface area (Å²) in [5, 5.41) is 3.79. The highest BCUT2D eigenvalue weighted by Gasteiger charge is 2.30. The third-order valence-electron chi connectivity index (χ3n) is 2.94. The summed E-state index contributed by atoms with van der Waals surface area (Å²) in [5.74, 6) is 0.635. The van der Waals surface area contributed by atoms with Gasteiger partial charge in [-0.05, 0) is 12.8 Å². The van der Waals surface area contributed by atoms with Gasteiger partial charge < -0.3 is 10.5 Å². The van der Waals surface area contributed by atoms with Crippen molar-refractivity contribution in [2.45, 2.75) is 25.2 Å². The van der Waals surface area contributed by atoms with Gasteiger partial charge >= 0.3 is 0 Å². The number of anilines is 1. The van der Waals surface area contributed by atoms with Crippen molar-refractivity contribution in [1.82, 2.24) is 9.97 Å². The number of thiazole rings is 2. The summed E-state index contributed by atoms with van der Waals surface area (Å²) >= 11 is 3.22. The van der Waals surface area contributed by atoms with Gasteiger partial charge in [-0.3, -0.25) is 0 Å². The Bertz CT molecular complexity index is 545. The Kier molecular flexibility index (Phi) is 3.32. The molecule has 0 aromatic carbocycles. The molecule has 3 rings (SSSR count). The first kappa shape index (κ1) is 12.1. The van der Waals surface area contributed by atoms with E-state index >= 15 is 0 Å². The van der Waals surface area contributed by atoms with Gasteiger partial charge in [-0.1, -0.05) is 0 Å². The van der Waals surface area contributed by atoms with E-state index in [1.54, 1.807) is 18.4 Å². The molecule has 0 amide bonds. The molecule has 0 radical (unpaired) electrons. The van der Waals surface area contributed by atoms with Crippen LogP contribution in [0.15, 0.2) is 5.38 Å². The van der Waals surface area contributed by atoms with Gasteiger partial charge in [0.25, 0.3) is 0 Å². The fraction of sp³-hybridized carbons (Fsp3) is 0.500. The second-order valence-corrected chi connectivity index (χ2v) is 6.38. The van der Waals surface area contributed by atoms with Gasteiger partial charge in [0, 0.05) is 24.8 Å². The van der Waals surface area contributed by atoms with Crippen molar-refractivity contribution in [2.75, 3.05) is 19.5 Å². The van der Waals surface area contributed by atoms with Crippen LogP contribution < -0.4 is 5.73 Å². The lowest BCUT2D eigenvalue weighted by atomic mass is 10.2. The predicted octanol–water partition coefficient (Wildman–Crippen LogP) is 2.92. The lowest BCUT2D eigenvalue weighted by molar-refractivity contribution is 0.202. The number of rotatable bonds is 5. The van der Waals surface area contributed by atoms with Crippen molar-refractivity contribution in [2.24, 2.45) is 0 Å². The Morgan fingerprint density at radius 3 is 2.89 bits per heavy atom. The molecule has 0 bridgehead atoms. The van der Waals surface area contributed by atoms with Crippen LogP contribution in [0.1, 0.15) is 29.5 Å². The normalized spacial score (nSPS) is 15.2. The SMILES string of the molecule is COCCc1nc(C2CC2)c(-c2csc(N)n2)s1. The second kappa shape index (κ2) is 4.95. The molecule has 18 heavy (non-hydrogen) atoms. The van der Waals surface area contributed by atoms with E-state index in [9.17, 15) is 0 Å². The standard InChI is InChI=1S/C12H15N3OS2/c1-16-5-4-9-15-10(7-2-3-7)11(18-9)8-6-17-12(13)14-8/h6-7H,2-5H2,1H3,(H2,13,14). The maximum Gasteiger partial charge on any atom is 0.180 e. The lowest BCUT2D eigenvalue weighted by Crippen LogP contribution is -1.93. The van der Waals surface area contributed by atoms with Crippen molar-refractivity contribution in [3.05, 3.63) is 16.1 Å². The van der Waals surface area contributed by atoms with Crippen LogP contribution in [0.25, 0.3) is 10.6 Å². The molecule has 6 heteroatoms. The van der Waals surface area contributed by atoms with Gasteiger partial charge in [0.15, 0.2) is 5.13 Å². The third-order valence-corrected chi connectivity index (χ3v) is 4.76. The van der Waals surface area contributed by atoms with E-state index in [0.29, 0.717) is 11.0 Å². The molecule has 1 aliphatic rings. The molecule has 2 heterocycles. The van der Waals surface area contributed by atoms with Crippen LogP contribution >= 0.6 is 22.7 Å². The Morgan fingerprint density at radius 2 is 2.28 bits per heavy atom. The summed E-state index contributed by atoms with van der Waals surface area (Å²) in [4.78, 5) is 10.3. The topological polar surface area (TPSA) is 61.0 Å². The highest BCUT2D eigenvalue weighted by atomic mass is 32.1. The molecular weight excluding hydrogens is 266 g/mol. The minimum atomic E-state index is 0.624. The predicted molar refractivity (Wildman–Crippen MR) is 75.2 cm³/mol. The van der Waals surface area contributed by atoms with Gasteiger partial charge in [0.2, 0.25) is 0 Å². The number of hydrogen-bond acceptors (Lipinski definition) is 6. The van der Waals surface area contributed by atoms with Crippen LogP contribution in [0.2, 0.25) is 0 Å². The van der Waals surface area contributed by atoms with E-state index in [-0.39, 0.29) is 0 Å². The molecule has 1 fully saturated rings. The Hall–Kier alpha value is -0.980. The molecule has 1 aliphatic carbocycles. The van der Waals surface area contributed by atoms with Gasteiger partial charge in [0.1, 0.15) is 0 Å². The van der Waals surface area contributed by atoms with Gasteiger partial charge in [-0.25, -0.2) is 9.97 Å². The Labute approximate surface area is 114 Å². The Balaban J connectivity index is 1.93. The maximum atomic E-state index is 5.72. The molecule has 2 aromatic rings. The van der Waals surface area contributed by atoms with E-state index in [1.165, 1.54) is 34.7 Å². The largest absolute Gasteiger partial charge is 0.384 e. The zero-order valence-electron chi connectivity index (χ0n) is 10.2. The second-order valence-electron chi connectivity index (χ2n) is 4.41. The van der Waals surface area contributed by atoms with E-state index in [4.69, 9.17) is 15.5 Å². The quantitative estimate of drug-likeness (QED) is 0.915. The van der Waals surface area contributed by atoms with Crippen LogP contribution in [-0.4, -0.2) is 23.7 Å². The van der Waals surface area contributed by atoms with Crippen LogP contribution in [0.5, 0.6) is 0 Å². The highest BCUT2D eigenvalue weighted by Crippen LogP contribution is 2.46. The van der Waals surface area contributed by atoms with Crippen LogP contribution in [0.3, 0.4) is 0 Å². The first-order chi connectivity index (χ1) is 8.78. The summed E-state index contributed by atoms with van der Waals surface area (Å²) < 4.78 is 5.11.